The summed E-state index contributed by atoms with van der Waals surface area (Å²) in [5, 5.41) is 12.1. The van der Waals surface area contributed by atoms with E-state index in [1.165, 1.54) is 0 Å². The fourth-order valence-electron chi connectivity index (χ4n) is 0.873. The summed E-state index contributed by atoms with van der Waals surface area (Å²) in [7, 11) is 0. The van der Waals surface area contributed by atoms with Crippen LogP contribution in [0.1, 0.15) is 6.42 Å². The lowest BCUT2D eigenvalue weighted by atomic mass is 10.2. The molecule has 0 aliphatic carbocycles. The fourth-order valence-corrected chi connectivity index (χ4v) is 0.873. The van der Waals surface area contributed by atoms with E-state index in [0.717, 1.165) is 0 Å². The molecular formula is C5H8N3O2. The van der Waals surface area contributed by atoms with Crippen LogP contribution in [0.4, 0.5) is 0 Å². The number of hydrogen-bond donors (Lipinski definition) is 1. The minimum Gasteiger partial charge on any atom is -0.394 e. The second-order valence-corrected chi connectivity index (χ2v) is 2.03. The molecule has 5 heteroatoms. The number of aliphatic hydroxyl groups is 1. The Kier molecular flexibility index (Phi) is 2.50. The van der Waals surface area contributed by atoms with E-state index >= 15 is 0 Å². The lowest BCUT2D eigenvalue weighted by molar-refractivity contribution is 0.0788. The van der Waals surface area contributed by atoms with Crippen molar-refractivity contribution in [1.29, 1.82) is 0 Å². The summed E-state index contributed by atoms with van der Waals surface area (Å²) < 4.78 is 4.93. The lowest BCUT2D eigenvalue weighted by Crippen LogP contribution is -2.22. The Balaban J connectivity index is 2.49. The third-order valence-electron chi connectivity index (χ3n) is 1.42. The topological polar surface area (TPSA) is 78.2 Å². The van der Waals surface area contributed by atoms with Crippen LogP contribution in [0.25, 0.3) is 10.4 Å². The highest BCUT2D eigenvalue weighted by Crippen LogP contribution is 2.19. The third kappa shape index (κ3) is 1.39. The molecular weight excluding hydrogens is 134 g/mol. The van der Waals surface area contributed by atoms with E-state index in [4.69, 9.17) is 15.4 Å². The molecule has 10 heavy (non-hydrogen) atoms. The Morgan fingerprint density at radius 3 is 3.30 bits per heavy atom. The van der Waals surface area contributed by atoms with Crippen molar-refractivity contribution in [2.75, 3.05) is 6.61 Å². The van der Waals surface area contributed by atoms with Gasteiger partial charge in [0, 0.05) is 4.91 Å². The van der Waals surface area contributed by atoms with Gasteiger partial charge in [-0.25, -0.2) is 0 Å². The van der Waals surface area contributed by atoms with Gasteiger partial charge in [0.1, 0.15) is 0 Å². The van der Waals surface area contributed by atoms with Crippen molar-refractivity contribution >= 4 is 0 Å². The highest BCUT2D eigenvalue weighted by Gasteiger charge is 2.26. The molecule has 1 N–H and O–H groups in total. The second kappa shape index (κ2) is 3.41. The summed E-state index contributed by atoms with van der Waals surface area (Å²) in [6.07, 6.45) is 0.255. The maximum Gasteiger partial charge on any atom is 0.0896 e. The molecule has 0 amide bonds. The normalized spacial score (nSPS) is 31.7. The SMILES string of the molecule is [N-]=[N+]=N[C@H]1C[CH]O[C@@H]1CO. The van der Waals surface area contributed by atoms with Crippen molar-refractivity contribution in [3.8, 4) is 0 Å². The lowest BCUT2D eigenvalue weighted by Gasteiger charge is -2.08. The van der Waals surface area contributed by atoms with Crippen LogP contribution in [0.2, 0.25) is 0 Å². The highest BCUT2D eigenvalue weighted by atomic mass is 16.5. The molecule has 1 radical (unpaired) electrons. The summed E-state index contributed by atoms with van der Waals surface area (Å²) in [6.45, 7) is 1.46. The maximum absolute atomic E-state index is 8.63. The molecule has 5 nitrogen and oxygen atoms in total. The van der Waals surface area contributed by atoms with E-state index in [0.29, 0.717) is 6.42 Å². The van der Waals surface area contributed by atoms with E-state index in [-0.39, 0.29) is 18.8 Å². The minimum atomic E-state index is -0.337. The van der Waals surface area contributed by atoms with Crippen LogP contribution in [0.5, 0.6) is 0 Å². The zero-order valence-corrected chi connectivity index (χ0v) is 5.34. The van der Waals surface area contributed by atoms with Gasteiger partial charge >= 0.3 is 0 Å². The molecule has 2 atom stereocenters. The summed E-state index contributed by atoms with van der Waals surface area (Å²) in [6, 6.07) is -0.227. The summed E-state index contributed by atoms with van der Waals surface area (Å²) in [5.74, 6) is 0. The number of rotatable bonds is 2. The average molecular weight is 142 g/mol. The third-order valence-corrected chi connectivity index (χ3v) is 1.42. The molecule has 1 saturated heterocycles. The maximum atomic E-state index is 8.63. The molecule has 0 bridgehead atoms. The monoisotopic (exact) mass is 142 g/mol. The van der Waals surface area contributed by atoms with Crippen molar-refractivity contribution in [1.82, 2.24) is 0 Å². The Labute approximate surface area is 58.2 Å². The van der Waals surface area contributed by atoms with Gasteiger partial charge in [0.25, 0.3) is 0 Å². The highest BCUT2D eigenvalue weighted by molar-refractivity contribution is 4.86. The molecule has 1 aliphatic rings. The summed E-state index contributed by atoms with van der Waals surface area (Å²) in [4.78, 5) is 2.63. The number of nitrogens with zero attached hydrogens (tertiary/aromatic N) is 3. The Bertz CT molecular complexity index is 155. The van der Waals surface area contributed by atoms with Crippen molar-refractivity contribution in [2.24, 2.45) is 5.11 Å². The van der Waals surface area contributed by atoms with E-state index in [1.54, 1.807) is 6.61 Å². The van der Waals surface area contributed by atoms with Gasteiger partial charge in [-0.15, -0.1) is 0 Å². The Hall–Kier alpha value is -0.770. The summed E-state index contributed by atoms with van der Waals surface area (Å²) in [5.41, 5.74) is 8.05. The quantitative estimate of drug-likeness (QED) is 0.348. The van der Waals surface area contributed by atoms with Crippen LogP contribution < -0.4 is 0 Å². The minimum absolute atomic E-state index is 0.0970. The Morgan fingerprint density at radius 1 is 1.90 bits per heavy atom. The molecule has 1 aliphatic heterocycles. The molecule has 0 aromatic carbocycles. The van der Waals surface area contributed by atoms with Gasteiger partial charge in [0.15, 0.2) is 0 Å². The first-order chi connectivity index (χ1) is 4.88. The first-order valence-corrected chi connectivity index (χ1v) is 3.00. The van der Waals surface area contributed by atoms with Gasteiger partial charge in [-0.3, -0.25) is 0 Å². The Morgan fingerprint density at radius 2 is 2.70 bits per heavy atom. The predicted octanol–water partition coefficient (Wildman–Crippen LogP) is 0.608. The largest absolute Gasteiger partial charge is 0.394 e. The van der Waals surface area contributed by atoms with Crippen LogP contribution in [-0.4, -0.2) is 23.9 Å². The van der Waals surface area contributed by atoms with Crippen molar-refractivity contribution in [2.45, 2.75) is 18.6 Å². The molecule has 1 rings (SSSR count). The van der Waals surface area contributed by atoms with E-state index in [9.17, 15) is 0 Å². The van der Waals surface area contributed by atoms with Crippen LogP contribution in [0.3, 0.4) is 0 Å². The smallest absolute Gasteiger partial charge is 0.0896 e. The molecule has 1 heterocycles. The average Bonchev–Trinajstić information content (AvgIpc) is 2.36. The van der Waals surface area contributed by atoms with Gasteiger partial charge < -0.3 is 9.84 Å². The van der Waals surface area contributed by atoms with Gasteiger partial charge in [-0.1, -0.05) is 5.11 Å². The molecule has 0 spiro atoms. The molecule has 0 aromatic heterocycles. The van der Waals surface area contributed by atoms with Gasteiger partial charge in [-0.2, -0.15) is 0 Å². The number of aliphatic hydroxyl groups excluding tert-OH is 1. The fraction of sp³-hybridized carbons (Fsp3) is 0.800. The van der Waals surface area contributed by atoms with Crippen LogP contribution in [0, 0.1) is 6.61 Å². The van der Waals surface area contributed by atoms with Crippen LogP contribution in [-0.2, 0) is 4.74 Å². The van der Waals surface area contributed by atoms with Crippen LogP contribution >= 0.6 is 0 Å². The molecule has 0 unspecified atom stereocenters. The number of ether oxygens (including phenoxy) is 1. The van der Waals surface area contributed by atoms with E-state index in [1.807, 2.05) is 0 Å². The molecule has 55 valence electrons. The standard InChI is InChI=1S/C5H8N3O2/c6-8-7-4-1-2-10-5(4)3-9/h2,4-5,9H,1,3H2/t4-,5+/m0/s1. The van der Waals surface area contributed by atoms with E-state index < -0.39 is 0 Å². The zero-order valence-electron chi connectivity index (χ0n) is 5.34. The van der Waals surface area contributed by atoms with Gasteiger partial charge in [0.2, 0.25) is 0 Å². The zero-order chi connectivity index (χ0) is 7.40. The first kappa shape index (κ1) is 7.34. The van der Waals surface area contributed by atoms with Crippen molar-refractivity contribution in [3.05, 3.63) is 17.0 Å². The van der Waals surface area contributed by atoms with Gasteiger partial charge in [-0.05, 0) is 12.0 Å². The van der Waals surface area contributed by atoms with Crippen molar-refractivity contribution in [3.63, 3.8) is 0 Å². The molecule has 1 fully saturated rings. The van der Waals surface area contributed by atoms with Crippen molar-refractivity contribution < 1.29 is 9.84 Å². The van der Waals surface area contributed by atoms with Crippen LogP contribution in [0.15, 0.2) is 5.11 Å². The molecule has 0 saturated carbocycles. The second-order valence-electron chi connectivity index (χ2n) is 2.03. The number of hydrogen-bond acceptors (Lipinski definition) is 3. The van der Waals surface area contributed by atoms with Gasteiger partial charge in [0.05, 0.1) is 25.4 Å². The van der Waals surface area contributed by atoms with E-state index in [2.05, 4.69) is 10.0 Å². The first-order valence-electron chi connectivity index (χ1n) is 3.00. The predicted molar refractivity (Wildman–Crippen MR) is 33.8 cm³/mol. The summed E-state index contributed by atoms with van der Waals surface area (Å²) >= 11 is 0. The molecule has 0 aromatic rings. The number of azide groups is 1.